The van der Waals surface area contributed by atoms with E-state index >= 15 is 0 Å². The number of nitrogens with two attached hydrogens (primary N) is 1. The predicted octanol–water partition coefficient (Wildman–Crippen LogP) is 2.29. The quantitative estimate of drug-likeness (QED) is 0.547. The van der Waals surface area contributed by atoms with Gasteiger partial charge in [-0.1, -0.05) is 19.9 Å². The lowest BCUT2D eigenvalue weighted by Gasteiger charge is -2.06. The van der Waals surface area contributed by atoms with Gasteiger partial charge < -0.3 is 5.73 Å². The van der Waals surface area contributed by atoms with Crippen molar-refractivity contribution in [2.45, 2.75) is 33.1 Å². The van der Waals surface area contributed by atoms with Crippen LogP contribution < -0.4 is 5.73 Å². The summed E-state index contributed by atoms with van der Waals surface area (Å²) in [6.07, 6.45) is 5.95. The Bertz CT molecular complexity index is 138. The van der Waals surface area contributed by atoms with Crippen LogP contribution in [0.3, 0.4) is 0 Å². The molecule has 1 aliphatic rings. The van der Waals surface area contributed by atoms with E-state index < -0.39 is 0 Å². The molecule has 0 saturated carbocycles. The summed E-state index contributed by atoms with van der Waals surface area (Å²) in [6.45, 7) is 4.52. The largest absolute Gasteiger partial charge is 0.402 e. The normalized spacial score (nSPS) is 34.8. The second-order valence-corrected chi connectivity index (χ2v) is 3.61. The SMILES string of the molecule is CC1C=C(N)C[C@@H](C)CC1. The van der Waals surface area contributed by atoms with E-state index in [9.17, 15) is 0 Å². The summed E-state index contributed by atoms with van der Waals surface area (Å²) in [5, 5.41) is 0. The molecule has 0 bridgehead atoms. The third kappa shape index (κ3) is 2.05. The standard InChI is InChI=1S/C9H17N/c1-7-3-4-8(2)6-9(10)5-7/h5,7-8H,3-4,6,10H2,1-2H3/t7?,8-/m0/s1. The lowest BCUT2D eigenvalue weighted by molar-refractivity contribution is 0.488. The molecule has 1 aliphatic carbocycles. The van der Waals surface area contributed by atoms with Gasteiger partial charge in [0.05, 0.1) is 0 Å². The molecule has 0 aromatic heterocycles. The van der Waals surface area contributed by atoms with Gasteiger partial charge >= 0.3 is 0 Å². The van der Waals surface area contributed by atoms with Crippen LogP contribution >= 0.6 is 0 Å². The molecule has 1 unspecified atom stereocenters. The molecule has 2 N–H and O–H groups in total. The Morgan fingerprint density at radius 3 is 2.80 bits per heavy atom. The highest BCUT2D eigenvalue weighted by molar-refractivity contribution is 5.01. The fourth-order valence-electron chi connectivity index (χ4n) is 1.57. The monoisotopic (exact) mass is 139 g/mol. The van der Waals surface area contributed by atoms with Gasteiger partial charge in [-0.15, -0.1) is 0 Å². The van der Waals surface area contributed by atoms with Crippen molar-refractivity contribution in [2.24, 2.45) is 17.6 Å². The maximum atomic E-state index is 5.78. The molecule has 0 heterocycles. The molecule has 0 fully saturated rings. The summed E-state index contributed by atoms with van der Waals surface area (Å²) < 4.78 is 0. The van der Waals surface area contributed by atoms with E-state index in [4.69, 9.17) is 5.73 Å². The first-order valence-electron chi connectivity index (χ1n) is 4.14. The van der Waals surface area contributed by atoms with Gasteiger partial charge in [0.1, 0.15) is 0 Å². The summed E-state index contributed by atoms with van der Waals surface area (Å²) in [4.78, 5) is 0. The second kappa shape index (κ2) is 3.09. The van der Waals surface area contributed by atoms with Crippen LogP contribution in [-0.4, -0.2) is 0 Å². The second-order valence-electron chi connectivity index (χ2n) is 3.61. The van der Waals surface area contributed by atoms with Gasteiger partial charge in [-0.05, 0) is 31.1 Å². The van der Waals surface area contributed by atoms with Crippen molar-refractivity contribution < 1.29 is 0 Å². The molecular weight excluding hydrogens is 122 g/mol. The third-order valence-corrected chi connectivity index (χ3v) is 2.20. The molecule has 0 saturated heterocycles. The highest BCUT2D eigenvalue weighted by atomic mass is 14.6. The van der Waals surface area contributed by atoms with Crippen molar-refractivity contribution in [3.8, 4) is 0 Å². The summed E-state index contributed by atoms with van der Waals surface area (Å²) in [5.41, 5.74) is 6.87. The lowest BCUT2D eigenvalue weighted by atomic mass is 10.0. The van der Waals surface area contributed by atoms with Crippen molar-refractivity contribution in [2.75, 3.05) is 0 Å². The smallest absolute Gasteiger partial charge is 0.00453 e. The van der Waals surface area contributed by atoms with Crippen LogP contribution in [0.15, 0.2) is 11.8 Å². The third-order valence-electron chi connectivity index (χ3n) is 2.20. The number of hydrogen-bond acceptors (Lipinski definition) is 1. The molecule has 10 heavy (non-hydrogen) atoms. The Balaban J connectivity index is 2.55. The zero-order valence-electron chi connectivity index (χ0n) is 6.93. The Labute approximate surface area is 63.3 Å². The molecule has 0 spiro atoms. The minimum Gasteiger partial charge on any atom is -0.402 e. The van der Waals surface area contributed by atoms with Crippen LogP contribution in [0.25, 0.3) is 0 Å². The molecule has 0 aliphatic heterocycles. The van der Waals surface area contributed by atoms with Gasteiger partial charge in [0, 0.05) is 5.70 Å². The van der Waals surface area contributed by atoms with E-state index in [-0.39, 0.29) is 0 Å². The van der Waals surface area contributed by atoms with Crippen LogP contribution in [0.5, 0.6) is 0 Å². The van der Waals surface area contributed by atoms with Crippen molar-refractivity contribution in [3.05, 3.63) is 11.8 Å². The molecule has 0 aromatic rings. The van der Waals surface area contributed by atoms with E-state index in [0.29, 0.717) is 5.92 Å². The van der Waals surface area contributed by atoms with Gasteiger partial charge in [-0.3, -0.25) is 0 Å². The summed E-state index contributed by atoms with van der Waals surface area (Å²) >= 11 is 0. The minimum absolute atomic E-state index is 0.699. The molecule has 1 rings (SSSR count). The van der Waals surface area contributed by atoms with E-state index in [1.807, 2.05) is 0 Å². The highest BCUT2D eigenvalue weighted by Crippen LogP contribution is 2.23. The number of allylic oxidation sites excluding steroid dienone is 2. The van der Waals surface area contributed by atoms with E-state index in [1.165, 1.54) is 12.8 Å². The molecule has 2 atom stereocenters. The molecule has 0 radical (unpaired) electrons. The molecular formula is C9H17N. The van der Waals surface area contributed by atoms with Crippen molar-refractivity contribution >= 4 is 0 Å². The average Bonchev–Trinajstić information content (AvgIpc) is 1.93. The maximum absolute atomic E-state index is 5.78. The Kier molecular flexibility index (Phi) is 2.36. The molecule has 0 aromatic carbocycles. The van der Waals surface area contributed by atoms with Crippen LogP contribution in [0.4, 0.5) is 0 Å². The summed E-state index contributed by atoms with van der Waals surface area (Å²) in [7, 11) is 0. The van der Waals surface area contributed by atoms with Gasteiger partial charge in [0.2, 0.25) is 0 Å². The van der Waals surface area contributed by atoms with Gasteiger partial charge in [-0.2, -0.15) is 0 Å². The van der Waals surface area contributed by atoms with Crippen LogP contribution in [0.1, 0.15) is 33.1 Å². The van der Waals surface area contributed by atoms with E-state index in [1.54, 1.807) is 0 Å². The molecule has 0 amide bonds. The van der Waals surface area contributed by atoms with Crippen LogP contribution in [0.2, 0.25) is 0 Å². The first-order valence-corrected chi connectivity index (χ1v) is 4.14. The fraction of sp³-hybridized carbons (Fsp3) is 0.778. The topological polar surface area (TPSA) is 26.0 Å². The van der Waals surface area contributed by atoms with Crippen LogP contribution in [-0.2, 0) is 0 Å². The maximum Gasteiger partial charge on any atom is 0.00453 e. The Hall–Kier alpha value is -0.460. The van der Waals surface area contributed by atoms with E-state index in [0.717, 1.165) is 18.0 Å². The molecule has 1 nitrogen and oxygen atoms in total. The van der Waals surface area contributed by atoms with Gasteiger partial charge in [-0.25, -0.2) is 0 Å². The minimum atomic E-state index is 0.699. The number of hydrogen-bond donors (Lipinski definition) is 1. The zero-order chi connectivity index (χ0) is 7.56. The van der Waals surface area contributed by atoms with E-state index in [2.05, 4.69) is 19.9 Å². The summed E-state index contributed by atoms with van der Waals surface area (Å²) in [5.74, 6) is 1.49. The Morgan fingerprint density at radius 1 is 1.40 bits per heavy atom. The Morgan fingerprint density at radius 2 is 2.10 bits per heavy atom. The molecule has 58 valence electrons. The molecule has 1 heteroatoms. The van der Waals surface area contributed by atoms with Gasteiger partial charge in [0.25, 0.3) is 0 Å². The first kappa shape index (κ1) is 7.64. The average molecular weight is 139 g/mol. The van der Waals surface area contributed by atoms with Gasteiger partial charge in [0.15, 0.2) is 0 Å². The van der Waals surface area contributed by atoms with Crippen molar-refractivity contribution in [3.63, 3.8) is 0 Å². The predicted molar refractivity (Wildman–Crippen MR) is 44.4 cm³/mol. The first-order chi connectivity index (χ1) is 4.68. The lowest BCUT2D eigenvalue weighted by Crippen LogP contribution is -2.01. The van der Waals surface area contributed by atoms with Crippen molar-refractivity contribution in [1.82, 2.24) is 0 Å². The highest BCUT2D eigenvalue weighted by Gasteiger charge is 2.11. The number of rotatable bonds is 0. The van der Waals surface area contributed by atoms with Crippen molar-refractivity contribution in [1.29, 1.82) is 0 Å². The fourth-order valence-corrected chi connectivity index (χ4v) is 1.57. The summed E-state index contributed by atoms with van der Waals surface area (Å²) in [6, 6.07) is 0. The zero-order valence-corrected chi connectivity index (χ0v) is 6.93. The van der Waals surface area contributed by atoms with Crippen LogP contribution in [0, 0.1) is 11.8 Å².